The van der Waals surface area contributed by atoms with Gasteiger partial charge in [0.15, 0.2) is 6.61 Å². The lowest BCUT2D eigenvalue weighted by atomic mass is 10.3. The van der Waals surface area contributed by atoms with Gasteiger partial charge in [-0.2, -0.15) is 4.31 Å². The minimum Gasteiger partial charge on any atom is -0.484 e. The fourth-order valence-corrected chi connectivity index (χ4v) is 4.53. The predicted molar refractivity (Wildman–Crippen MR) is 104 cm³/mol. The zero-order chi connectivity index (χ0) is 19.4. The smallest absolute Gasteiger partial charge is 0.260 e. The van der Waals surface area contributed by atoms with E-state index in [-0.39, 0.29) is 35.5 Å². The van der Waals surface area contributed by atoms with Crippen molar-refractivity contribution >= 4 is 39.1 Å². The first kappa shape index (κ1) is 19.9. The van der Waals surface area contributed by atoms with Crippen LogP contribution in [0.15, 0.2) is 53.4 Å². The van der Waals surface area contributed by atoms with Crippen molar-refractivity contribution in [1.82, 2.24) is 9.21 Å². The van der Waals surface area contributed by atoms with Gasteiger partial charge < -0.3 is 9.64 Å². The summed E-state index contributed by atoms with van der Waals surface area (Å²) in [5, 5.41) is 0.481. The van der Waals surface area contributed by atoms with E-state index in [1.807, 2.05) is 18.2 Å². The van der Waals surface area contributed by atoms with Crippen LogP contribution in [-0.4, -0.2) is 56.3 Å². The predicted octanol–water partition coefficient (Wildman–Crippen LogP) is 2.91. The Morgan fingerprint density at radius 2 is 1.63 bits per heavy atom. The van der Waals surface area contributed by atoms with Crippen LogP contribution >= 0.6 is 23.2 Å². The van der Waals surface area contributed by atoms with Gasteiger partial charge in [0.25, 0.3) is 5.91 Å². The van der Waals surface area contributed by atoms with Crippen LogP contribution in [0, 0.1) is 0 Å². The lowest BCUT2D eigenvalue weighted by Crippen LogP contribution is -2.51. The quantitative estimate of drug-likeness (QED) is 0.733. The van der Waals surface area contributed by atoms with E-state index in [2.05, 4.69) is 0 Å². The molecule has 0 saturated carbocycles. The molecule has 0 spiro atoms. The van der Waals surface area contributed by atoms with E-state index in [1.165, 1.54) is 22.5 Å². The van der Waals surface area contributed by atoms with Crippen LogP contribution < -0.4 is 4.74 Å². The van der Waals surface area contributed by atoms with Crippen LogP contribution in [0.2, 0.25) is 10.0 Å². The van der Waals surface area contributed by atoms with Crippen molar-refractivity contribution in [3.63, 3.8) is 0 Å². The molecule has 9 heteroatoms. The van der Waals surface area contributed by atoms with Crippen LogP contribution in [0.5, 0.6) is 5.75 Å². The summed E-state index contributed by atoms with van der Waals surface area (Å²) in [5.41, 5.74) is 0. The second kappa shape index (κ2) is 8.48. The molecule has 0 radical (unpaired) electrons. The van der Waals surface area contributed by atoms with Crippen molar-refractivity contribution in [2.45, 2.75) is 4.90 Å². The molecule has 0 unspecified atom stereocenters. The average molecular weight is 429 g/mol. The number of carbonyl (C=O) groups is 1. The van der Waals surface area contributed by atoms with Gasteiger partial charge in [-0.05, 0) is 30.3 Å². The first-order chi connectivity index (χ1) is 12.9. The summed E-state index contributed by atoms with van der Waals surface area (Å²) in [7, 11) is -3.68. The normalized spacial score (nSPS) is 15.6. The molecule has 144 valence electrons. The van der Waals surface area contributed by atoms with E-state index in [4.69, 9.17) is 27.9 Å². The molecule has 2 aromatic carbocycles. The number of hydrogen-bond donors (Lipinski definition) is 0. The number of sulfonamides is 1. The Bertz CT molecular complexity index is 914. The van der Waals surface area contributed by atoms with Gasteiger partial charge in [0.2, 0.25) is 10.0 Å². The van der Waals surface area contributed by atoms with E-state index in [0.717, 1.165) is 0 Å². The van der Waals surface area contributed by atoms with E-state index >= 15 is 0 Å². The van der Waals surface area contributed by atoms with Gasteiger partial charge in [0.05, 0.1) is 14.9 Å². The molecule has 0 aliphatic carbocycles. The molecule has 2 aromatic rings. The Hall–Kier alpha value is -1.80. The molecule has 1 amide bonds. The Kier molecular flexibility index (Phi) is 6.26. The Morgan fingerprint density at radius 1 is 0.963 bits per heavy atom. The summed E-state index contributed by atoms with van der Waals surface area (Å²) in [6.45, 7) is 0.942. The molecule has 6 nitrogen and oxygen atoms in total. The van der Waals surface area contributed by atoms with E-state index in [9.17, 15) is 13.2 Å². The molecule has 1 saturated heterocycles. The third kappa shape index (κ3) is 4.73. The van der Waals surface area contributed by atoms with Crippen LogP contribution in [0.3, 0.4) is 0 Å². The Morgan fingerprint density at radius 3 is 2.26 bits per heavy atom. The molecule has 0 atom stereocenters. The highest BCUT2D eigenvalue weighted by Gasteiger charge is 2.30. The SMILES string of the molecule is O=C(COc1ccccc1)N1CCN(S(=O)(=O)c2ccc(Cl)c(Cl)c2)CC1. The molecule has 3 rings (SSSR count). The standard InChI is InChI=1S/C18H18Cl2N2O4S/c19-16-7-6-15(12-17(16)20)27(24,25)22-10-8-21(9-11-22)18(23)13-26-14-4-2-1-3-5-14/h1-7,12H,8-11,13H2. The maximum atomic E-state index is 12.7. The van der Waals surface area contributed by atoms with Gasteiger partial charge in [-0.25, -0.2) is 8.42 Å². The van der Waals surface area contributed by atoms with Crippen LogP contribution in [0.25, 0.3) is 0 Å². The van der Waals surface area contributed by atoms with Gasteiger partial charge in [-0.1, -0.05) is 41.4 Å². The van der Waals surface area contributed by atoms with Gasteiger partial charge in [0.1, 0.15) is 5.75 Å². The first-order valence-electron chi connectivity index (χ1n) is 8.29. The van der Waals surface area contributed by atoms with Crippen LogP contribution in [-0.2, 0) is 14.8 Å². The number of rotatable bonds is 5. The zero-order valence-corrected chi connectivity index (χ0v) is 16.7. The number of piperazine rings is 1. The molecule has 27 heavy (non-hydrogen) atoms. The number of hydrogen-bond acceptors (Lipinski definition) is 4. The monoisotopic (exact) mass is 428 g/mol. The third-order valence-corrected chi connectivity index (χ3v) is 6.86. The number of amides is 1. The van der Waals surface area contributed by atoms with Crippen LogP contribution in [0.4, 0.5) is 0 Å². The number of ether oxygens (including phenoxy) is 1. The molecular weight excluding hydrogens is 411 g/mol. The fraction of sp³-hybridized carbons (Fsp3) is 0.278. The largest absolute Gasteiger partial charge is 0.484 e. The highest BCUT2D eigenvalue weighted by molar-refractivity contribution is 7.89. The Balaban J connectivity index is 1.57. The molecule has 0 N–H and O–H groups in total. The molecular formula is C18H18Cl2N2O4S. The number of benzene rings is 2. The summed E-state index contributed by atoms with van der Waals surface area (Å²) >= 11 is 11.8. The van der Waals surface area contributed by atoms with Crippen molar-refractivity contribution in [3.05, 3.63) is 58.6 Å². The maximum Gasteiger partial charge on any atom is 0.260 e. The van der Waals surface area contributed by atoms with Gasteiger partial charge in [0, 0.05) is 26.2 Å². The molecule has 0 aromatic heterocycles. The first-order valence-corrected chi connectivity index (χ1v) is 10.5. The molecule has 1 heterocycles. The van der Waals surface area contributed by atoms with E-state index in [0.29, 0.717) is 23.9 Å². The molecule has 1 aliphatic heterocycles. The van der Waals surface area contributed by atoms with Gasteiger partial charge in [-0.15, -0.1) is 0 Å². The number of carbonyl (C=O) groups excluding carboxylic acids is 1. The summed E-state index contributed by atoms with van der Waals surface area (Å²) in [4.78, 5) is 14.0. The zero-order valence-electron chi connectivity index (χ0n) is 14.3. The Labute approximate surface area is 168 Å². The molecule has 0 bridgehead atoms. The number of para-hydroxylation sites is 1. The van der Waals surface area contributed by atoms with Crippen molar-refractivity contribution in [2.24, 2.45) is 0 Å². The highest BCUT2D eigenvalue weighted by atomic mass is 35.5. The minimum atomic E-state index is -3.68. The van der Waals surface area contributed by atoms with Crippen LogP contribution in [0.1, 0.15) is 0 Å². The topological polar surface area (TPSA) is 66.9 Å². The minimum absolute atomic E-state index is 0.0798. The lowest BCUT2D eigenvalue weighted by molar-refractivity contribution is -0.134. The van der Waals surface area contributed by atoms with Gasteiger partial charge in [-0.3, -0.25) is 4.79 Å². The highest BCUT2D eigenvalue weighted by Crippen LogP contribution is 2.27. The number of nitrogens with zero attached hydrogens (tertiary/aromatic N) is 2. The summed E-state index contributed by atoms with van der Waals surface area (Å²) in [6.07, 6.45) is 0. The average Bonchev–Trinajstić information content (AvgIpc) is 2.69. The summed E-state index contributed by atoms with van der Waals surface area (Å²) in [5.74, 6) is 0.442. The second-order valence-electron chi connectivity index (χ2n) is 5.96. The van der Waals surface area contributed by atoms with E-state index in [1.54, 1.807) is 17.0 Å². The third-order valence-electron chi connectivity index (χ3n) is 4.23. The summed E-state index contributed by atoms with van der Waals surface area (Å²) in [6, 6.07) is 13.3. The van der Waals surface area contributed by atoms with Crippen molar-refractivity contribution in [1.29, 1.82) is 0 Å². The van der Waals surface area contributed by atoms with Gasteiger partial charge >= 0.3 is 0 Å². The number of halogens is 2. The lowest BCUT2D eigenvalue weighted by Gasteiger charge is -2.34. The maximum absolute atomic E-state index is 12.7. The second-order valence-corrected chi connectivity index (χ2v) is 8.71. The van der Waals surface area contributed by atoms with Crippen molar-refractivity contribution < 1.29 is 17.9 Å². The fourth-order valence-electron chi connectivity index (χ4n) is 2.72. The molecule has 1 aliphatic rings. The van der Waals surface area contributed by atoms with Crippen molar-refractivity contribution in [2.75, 3.05) is 32.8 Å². The summed E-state index contributed by atoms with van der Waals surface area (Å²) < 4.78 is 32.3. The molecule has 1 fully saturated rings. The van der Waals surface area contributed by atoms with Crippen molar-refractivity contribution in [3.8, 4) is 5.75 Å². The van der Waals surface area contributed by atoms with E-state index < -0.39 is 10.0 Å².